The Bertz CT molecular complexity index is 529. The van der Waals surface area contributed by atoms with Crippen LogP contribution in [-0.4, -0.2) is 11.6 Å². The van der Waals surface area contributed by atoms with Crippen molar-refractivity contribution in [1.29, 1.82) is 0 Å². The van der Waals surface area contributed by atoms with Gasteiger partial charge in [0.25, 0.3) is 0 Å². The van der Waals surface area contributed by atoms with Crippen molar-refractivity contribution in [2.45, 2.75) is 6.92 Å². The summed E-state index contributed by atoms with van der Waals surface area (Å²) in [5.74, 6) is -1.21. The molecule has 0 fully saturated rings. The summed E-state index contributed by atoms with van der Waals surface area (Å²) in [6.07, 6.45) is 1.58. The lowest BCUT2D eigenvalue weighted by Gasteiger charge is -2.08. The second-order valence-electron chi connectivity index (χ2n) is 3.41. The van der Waals surface area contributed by atoms with Gasteiger partial charge in [-0.05, 0) is 37.3 Å². The third-order valence-electron chi connectivity index (χ3n) is 2.26. The van der Waals surface area contributed by atoms with Crippen LogP contribution < -0.4 is 4.74 Å². The molecule has 0 bridgehead atoms. The molecule has 2 aromatic rings. The molecule has 0 saturated carbocycles. The Balaban J connectivity index is 2.48. The monoisotopic (exact) mass is 235 g/mol. The highest BCUT2D eigenvalue weighted by Crippen LogP contribution is 2.28. The van der Waals surface area contributed by atoms with Crippen LogP contribution in [0, 0.1) is 11.6 Å². The van der Waals surface area contributed by atoms with E-state index in [0.29, 0.717) is 23.6 Å². The molecule has 0 aliphatic heterocycles. The van der Waals surface area contributed by atoms with E-state index in [4.69, 9.17) is 4.74 Å². The van der Waals surface area contributed by atoms with Gasteiger partial charge in [-0.3, -0.25) is 4.98 Å². The molecule has 0 saturated heterocycles. The number of nitrogens with zero attached hydrogens (tertiary/aromatic N) is 1. The molecule has 0 aliphatic rings. The Morgan fingerprint density at radius 3 is 2.71 bits per heavy atom. The first kappa shape index (κ1) is 11.5. The number of rotatable bonds is 3. The quantitative estimate of drug-likeness (QED) is 0.813. The largest absolute Gasteiger partial charge is 0.492 e. The number of hydrogen-bond acceptors (Lipinski definition) is 2. The lowest BCUT2D eigenvalue weighted by atomic mass is 10.1. The number of ether oxygens (including phenoxy) is 1. The van der Waals surface area contributed by atoms with Gasteiger partial charge in [0.05, 0.1) is 6.61 Å². The van der Waals surface area contributed by atoms with Gasteiger partial charge in [-0.1, -0.05) is 0 Å². The Morgan fingerprint density at radius 2 is 2.00 bits per heavy atom. The number of pyridine rings is 1. The van der Waals surface area contributed by atoms with Crippen molar-refractivity contribution in [2.24, 2.45) is 0 Å². The molecule has 4 heteroatoms. The first-order chi connectivity index (χ1) is 8.22. The summed E-state index contributed by atoms with van der Waals surface area (Å²) >= 11 is 0. The lowest BCUT2D eigenvalue weighted by Crippen LogP contribution is -1.96. The summed E-state index contributed by atoms with van der Waals surface area (Å²) in [6, 6.07) is 7.14. The second-order valence-corrected chi connectivity index (χ2v) is 3.41. The maximum atomic E-state index is 13.1. The normalized spacial score (nSPS) is 10.3. The smallest absolute Gasteiger partial charge is 0.159 e. The van der Waals surface area contributed by atoms with Gasteiger partial charge in [-0.2, -0.15) is 0 Å². The van der Waals surface area contributed by atoms with Crippen molar-refractivity contribution in [2.75, 3.05) is 6.61 Å². The number of benzene rings is 1. The number of halogens is 2. The van der Waals surface area contributed by atoms with Crippen LogP contribution in [0.5, 0.6) is 5.75 Å². The predicted molar refractivity (Wildman–Crippen MR) is 60.8 cm³/mol. The summed E-state index contributed by atoms with van der Waals surface area (Å²) in [7, 11) is 0. The third kappa shape index (κ3) is 2.41. The van der Waals surface area contributed by atoms with Crippen LogP contribution >= 0.6 is 0 Å². The maximum absolute atomic E-state index is 13.1. The Hall–Kier alpha value is -1.97. The van der Waals surface area contributed by atoms with E-state index in [1.807, 2.05) is 6.92 Å². The molecular formula is C13H11F2NO. The molecule has 0 atom stereocenters. The van der Waals surface area contributed by atoms with Crippen molar-refractivity contribution in [3.05, 3.63) is 48.2 Å². The minimum Gasteiger partial charge on any atom is -0.492 e. The highest BCUT2D eigenvalue weighted by molar-refractivity contribution is 5.65. The summed E-state index contributed by atoms with van der Waals surface area (Å²) in [6.45, 7) is 2.34. The Labute approximate surface area is 97.9 Å². The average Bonchev–Trinajstić information content (AvgIpc) is 2.34. The van der Waals surface area contributed by atoms with E-state index >= 15 is 0 Å². The summed E-state index contributed by atoms with van der Waals surface area (Å²) < 4.78 is 31.4. The Morgan fingerprint density at radius 1 is 1.18 bits per heavy atom. The third-order valence-corrected chi connectivity index (χ3v) is 2.26. The van der Waals surface area contributed by atoms with Crippen LogP contribution in [0.2, 0.25) is 0 Å². The van der Waals surface area contributed by atoms with Crippen molar-refractivity contribution in [3.63, 3.8) is 0 Å². The second kappa shape index (κ2) is 4.91. The zero-order valence-electron chi connectivity index (χ0n) is 9.28. The molecule has 1 heterocycles. The van der Waals surface area contributed by atoms with E-state index in [1.54, 1.807) is 18.3 Å². The average molecular weight is 235 g/mol. The Kier molecular flexibility index (Phi) is 3.32. The molecule has 0 spiro atoms. The van der Waals surface area contributed by atoms with Gasteiger partial charge in [0.2, 0.25) is 0 Å². The van der Waals surface area contributed by atoms with Gasteiger partial charge in [0, 0.05) is 11.8 Å². The van der Waals surface area contributed by atoms with Crippen molar-refractivity contribution in [3.8, 4) is 17.0 Å². The maximum Gasteiger partial charge on any atom is 0.159 e. The first-order valence-corrected chi connectivity index (χ1v) is 5.25. The molecule has 0 amide bonds. The van der Waals surface area contributed by atoms with E-state index in [-0.39, 0.29) is 0 Å². The van der Waals surface area contributed by atoms with Crippen LogP contribution in [0.4, 0.5) is 8.78 Å². The summed E-state index contributed by atoms with van der Waals surface area (Å²) in [5.41, 5.74) is 1.00. The SMILES string of the molecule is CCOc1cccnc1-c1ccc(F)c(F)c1. The molecule has 1 aromatic carbocycles. The van der Waals surface area contributed by atoms with Gasteiger partial charge in [0.15, 0.2) is 11.6 Å². The standard InChI is InChI=1S/C13H11F2NO/c1-2-17-12-4-3-7-16-13(12)9-5-6-10(14)11(15)8-9/h3-8H,2H2,1H3. The van der Waals surface area contributed by atoms with Crippen molar-refractivity contribution >= 4 is 0 Å². The van der Waals surface area contributed by atoms with Crippen LogP contribution in [0.25, 0.3) is 11.3 Å². The van der Waals surface area contributed by atoms with Gasteiger partial charge < -0.3 is 4.74 Å². The number of hydrogen-bond donors (Lipinski definition) is 0. The van der Waals surface area contributed by atoms with E-state index < -0.39 is 11.6 Å². The molecule has 0 unspecified atom stereocenters. The van der Waals surface area contributed by atoms with Gasteiger partial charge in [-0.25, -0.2) is 8.78 Å². The van der Waals surface area contributed by atoms with Crippen LogP contribution in [0.3, 0.4) is 0 Å². The highest BCUT2D eigenvalue weighted by Gasteiger charge is 2.10. The zero-order chi connectivity index (χ0) is 12.3. The van der Waals surface area contributed by atoms with Crippen molar-refractivity contribution < 1.29 is 13.5 Å². The van der Waals surface area contributed by atoms with Crippen molar-refractivity contribution in [1.82, 2.24) is 4.98 Å². The summed E-state index contributed by atoms with van der Waals surface area (Å²) in [4.78, 5) is 4.12. The van der Waals surface area contributed by atoms with Gasteiger partial charge in [-0.15, -0.1) is 0 Å². The van der Waals surface area contributed by atoms with Gasteiger partial charge >= 0.3 is 0 Å². The fourth-order valence-electron chi connectivity index (χ4n) is 1.52. The fourth-order valence-corrected chi connectivity index (χ4v) is 1.52. The van der Waals surface area contributed by atoms with E-state index in [0.717, 1.165) is 12.1 Å². The molecule has 2 rings (SSSR count). The van der Waals surface area contributed by atoms with E-state index in [9.17, 15) is 8.78 Å². The molecule has 0 N–H and O–H groups in total. The fraction of sp³-hybridized carbons (Fsp3) is 0.154. The van der Waals surface area contributed by atoms with Crippen LogP contribution in [0.1, 0.15) is 6.92 Å². The molecule has 88 valence electrons. The molecule has 0 radical (unpaired) electrons. The molecule has 0 aliphatic carbocycles. The van der Waals surface area contributed by atoms with E-state index in [1.165, 1.54) is 6.07 Å². The topological polar surface area (TPSA) is 22.1 Å². The molecular weight excluding hydrogens is 224 g/mol. The molecule has 2 nitrogen and oxygen atoms in total. The molecule has 1 aromatic heterocycles. The molecule has 17 heavy (non-hydrogen) atoms. The lowest BCUT2D eigenvalue weighted by molar-refractivity contribution is 0.340. The zero-order valence-corrected chi connectivity index (χ0v) is 9.28. The minimum atomic E-state index is -0.893. The van der Waals surface area contributed by atoms with E-state index in [2.05, 4.69) is 4.98 Å². The predicted octanol–water partition coefficient (Wildman–Crippen LogP) is 3.43. The van der Waals surface area contributed by atoms with Gasteiger partial charge in [0.1, 0.15) is 11.4 Å². The highest BCUT2D eigenvalue weighted by atomic mass is 19.2. The van der Waals surface area contributed by atoms with Crippen LogP contribution in [-0.2, 0) is 0 Å². The minimum absolute atomic E-state index is 0.488. The van der Waals surface area contributed by atoms with Crippen LogP contribution in [0.15, 0.2) is 36.5 Å². The number of aromatic nitrogens is 1. The first-order valence-electron chi connectivity index (χ1n) is 5.25. The summed E-state index contributed by atoms with van der Waals surface area (Å²) in [5, 5.41) is 0.